The van der Waals surface area contributed by atoms with Gasteiger partial charge in [0.2, 0.25) is 0 Å². The molecule has 1 unspecified atom stereocenters. The van der Waals surface area contributed by atoms with Crippen molar-refractivity contribution < 1.29 is 4.92 Å². The molecule has 0 radical (unpaired) electrons. The molecule has 0 saturated carbocycles. The fourth-order valence-electron chi connectivity index (χ4n) is 2.34. The van der Waals surface area contributed by atoms with Gasteiger partial charge in [0.05, 0.1) is 11.0 Å². The average Bonchev–Trinajstić information content (AvgIpc) is 2.50. The molecule has 0 amide bonds. The molecule has 0 bridgehead atoms. The van der Waals surface area contributed by atoms with Crippen LogP contribution in [0.2, 0.25) is 0 Å². The van der Waals surface area contributed by atoms with Gasteiger partial charge < -0.3 is 4.90 Å². The smallest absolute Gasteiger partial charge is 0.293 e. The Bertz CT molecular complexity index is 634. The molecule has 5 nitrogen and oxygen atoms in total. The van der Waals surface area contributed by atoms with E-state index in [9.17, 15) is 10.1 Å². The highest BCUT2D eigenvalue weighted by molar-refractivity contribution is 9.10. The van der Waals surface area contributed by atoms with E-state index < -0.39 is 0 Å². The summed E-state index contributed by atoms with van der Waals surface area (Å²) < 4.78 is 0.697. The van der Waals surface area contributed by atoms with Gasteiger partial charge in [0.1, 0.15) is 5.69 Å². The summed E-state index contributed by atoms with van der Waals surface area (Å²) in [6.45, 7) is 4.67. The number of hydrogen-bond acceptors (Lipinski definition) is 4. The maximum absolute atomic E-state index is 11.3. The summed E-state index contributed by atoms with van der Waals surface area (Å²) in [5.74, 6) is 0. The zero-order valence-corrected chi connectivity index (χ0v) is 13.4. The van der Waals surface area contributed by atoms with Crippen LogP contribution in [0, 0.1) is 10.1 Å². The van der Waals surface area contributed by atoms with Gasteiger partial charge in [-0.05, 0) is 37.6 Å². The summed E-state index contributed by atoms with van der Waals surface area (Å²) in [7, 11) is 0. The van der Waals surface area contributed by atoms with Crippen molar-refractivity contribution in [1.29, 1.82) is 0 Å². The first-order valence-electron chi connectivity index (χ1n) is 6.65. The maximum atomic E-state index is 11.3. The van der Waals surface area contributed by atoms with Gasteiger partial charge in [-0.25, -0.2) is 0 Å². The van der Waals surface area contributed by atoms with E-state index in [-0.39, 0.29) is 16.7 Å². The summed E-state index contributed by atoms with van der Waals surface area (Å²) in [4.78, 5) is 17.1. The van der Waals surface area contributed by atoms with Crippen molar-refractivity contribution in [2.24, 2.45) is 0 Å². The second kappa shape index (κ2) is 6.67. The minimum atomic E-state index is -0.348. The van der Waals surface area contributed by atoms with Crippen LogP contribution in [0.15, 0.2) is 47.2 Å². The van der Waals surface area contributed by atoms with E-state index in [2.05, 4.69) is 20.9 Å². The Labute approximate surface area is 131 Å². The summed E-state index contributed by atoms with van der Waals surface area (Å²) >= 11 is 3.28. The van der Waals surface area contributed by atoms with E-state index in [1.54, 1.807) is 18.5 Å². The quantitative estimate of drug-likeness (QED) is 0.595. The number of halogens is 1. The van der Waals surface area contributed by atoms with Crippen molar-refractivity contribution in [3.8, 4) is 0 Å². The number of rotatable bonds is 5. The number of anilines is 1. The molecule has 0 saturated heterocycles. The SMILES string of the molecule is CCN(c1ccc(Br)cc1[N+](=O)[O-])C(C)c1cccnc1. The monoisotopic (exact) mass is 349 g/mol. The van der Waals surface area contributed by atoms with Crippen LogP contribution >= 0.6 is 15.9 Å². The van der Waals surface area contributed by atoms with Crippen LogP contribution in [0.3, 0.4) is 0 Å². The third-order valence-corrected chi connectivity index (χ3v) is 3.91. The zero-order chi connectivity index (χ0) is 15.4. The van der Waals surface area contributed by atoms with Gasteiger partial charge >= 0.3 is 0 Å². The molecule has 21 heavy (non-hydrogen) atoms. The highest BCUT2D eigenvalue weighted by atomic mass is 79.9. The van der Waals surface area contributed by atoms with Gasteiger partial charge in [-0.3, -0.25) is 15.1 Å². The molecule has 0 spiro atoms. The van der Waals surface area contributed by atoms with E-state index in [1.807, 2.05) is 36.9 Å². The molecule has 6 heteroatoms. The van der Waals surface area contributed by atoms with Crippen molar-refractivity contribution >= 4 is 27.3 Å². The third-order valence-electron chi connectivity index (χ3n) is 3.42. The van der Waals surface area contributed by atoms with Gasteiger partial charge in [-0.2, -0.15) is 0 Å². The molecule has 110 valence electrons. The first kappa shape index (κ1) is 15.4. The predicted octanol–water partition coefficient (Wildman–Crippen LogP) is 4.34. The second-order valence-electron chi connectivity index (χ2n) is 4.64. The molecule has 0 aliphatic rings. The molecule has 0 aliphatic heterocycles. The molecule has 1 aromatic heterocycles. The van der Waals surface area contributed by atoms with Crippen LogP contribution in [0.4, 0.5) is 11.4 Å². The Morgan fingerprint density at radius 1 is 1.43 bits per heavy atom. The minimum absolute atomic E-state index is 0.00331. The number of nitro groups is 1. The molecule has 2 rings (SSSR count). The minimum Gasteiger partial charge on any atom is -0.359 e. The summed E-state index contributed by atoms with van der Waals surface area (Å²) in [5, 5.41) is 11.3. The van der Waals surface area contributed by atoms with Crippen molar-refractivity contribution in [2.75, 3.05) is 11.4 Å². The van der Waals surface area contributed by atoms with Gasteiger partial charge in [-0.1, -0.05) is 22.0 Å². The number of hydrogen-bond donors (Lipinski definition) is 0. The molecule has 1 aromatic carbocycles. The highest BCUT2D eigenvalue weighted by Gasteiger charge is 2.23. The second-order valence-corrected chi connectivity index (χ2v) is 5.55. The Kier molecular flexibility index (Phi) is 4.90. The Morgan fingerprint density at radius 3 is 2.76 bits per heavy atom. The highest BCUT2D eigenvalue weighted by Crippen LogP contribution is 2.35. The lowest BCUT2D eigenvalue weighted by Crippen LogP contribution is -2.27. The number of nitro benzene ring substituents is 1. The third kappa shape index (κ3) is 3.39. The molecule has 2 aromatic rings. The molecule has 0 fully saturated rings. The van der Waals surface area contributed by atoms with E-state index >= 15 is 0 Å². The largest absolute Gasteiger partial charge is 0.359 e. The zero-order valence-electron chi connectivity index (χ0n) is 11.9. The van der Waals surface area contributed by atoms with Crippen LogP contribution in [-0.4, -0.2) is 16.5 Å². The first-order valence-corrected chi connectivity index (χ1v) is 7.44. The van der Waals surface area contributed by atoms with Crippen LogP contribution in [0.1, 0.15) is 25.5 Å². The van der Waals surface area contributed by atoms with Crippen LogP contribution < -0.4 is 4.90 Å². The van der Waals surface area contributed by atoms with Crippen molar-refractivity contribution in [3.63, 3.8) is 0 Å². The van der Waals surface area contributed by atoms with Gasteiger partial charge in [0, 0.05) is 29.5 Å². The predicted molar refractivity (Wildman–Crippen MR) is 86.5 cm³/mol. The Morgan fingerprint density at radius 2 is 2.19 bits per heavy atom. The summed E-state index contributed by atoms with van der Waals surface area (Å²) in [6.07, 6.45) is 3.51. The van der Waals surface area contributed by atoms with Crippen LogP contribution in [0.5, 0.6) is 0 Å². The normalized spacial score (nSPS) is 12.0. The number of benzene rings is 1. The van der Waals surface area contributed by atoms with Crippen LogP contribution in [0.25, 0.3) is 0 Å². The number of nitrogens with zero attached hydrogens (tertiary/aromatic N) is 3. The summed E-state index contributed by atoms with van der Waals surface area (Å²) in [5.41, 5.74) is 1.74. The fourth-order valence-corrected chi connectivity index (χ4v) is 2.69. The lowest BCUT2D eigenvalue weighted by Gasteiger charge is -2.30. The Hall–Kier alpha value is -1.95. The van der Waals surface area contributed by atoms with E-state index in [1.165, 1.54) is 6.07 Å². The molecule has 1 heterocycles. The number of pyridine rings is 1. The standard InChI is InChI=1S/C15H16BrN3O2/c1-3-18(11(2)12-5-4-8-17-10-12)14-7-6-13(16)9-15(14)19(20)21/h4-11H,3H2,1-2H3. The van der Waals surface area contributed by atoms with Gasteiger partial charge in [0.15, 0.2) is 0 Å². The number of aromatic nitrogens is 1. The molecule has 0 aliphatic carbocycles. The van der Waals surface area contributed by atoms with Crippen molar-refractivity contribution in [3.05, 3.63) is 62.9 Å². The Balaban J connectivity index is 2.44. The van der Waals surface area contributed by atoms with Gasteiger partial charge in [0.25, 0.3) is 5.69 Å². The molecule has 0 N–H and O–H groups in total. The fraction of sp³-hybridized carbons (Fsp3) is 0.267. The average molecular weight is 350 g/mol. The first-order chi connectivity index (χ1) is 10.0. The van der Waals surface area contributed by atoms with Crippen molar-refractivity contribution in [2.45, 2.75) is 19.9 Å². The van der Waals surface area contributed by atoms with Crippen LogP contribution in [-0.2, 0) is 0 Å². The molecule has 1 atom stereocenters. The van der Waals surface area contributed by atoms with Gasteiger partial charge in [-0.15, -0.1) is 0 Å². The topological polar surface area (TPSA) is 59.3 Å². The van der Waals surface area contributed by atoms with Crippen molar-refractivity contribution in [1.82, 2.24) is 4.98 Å². The molecular formula is C15H16BrN3O2. The molecular weight excluding hydrogens is 334 g/mol. The lowest BCUT2D eigenvalue weighted by atomic mass is 10.1. The maximum Gasteiger partial charge on any atom is 0.293 e. The van der Waals surface area contributed by atoms with E-state index in [0.29, 0.717) is 16.7 Å². The summed E-state index contributed by atoms with van der Waals surface area (Å²) in [6, 6.07) is 8.98. The lowest BCUT2D eigenvalue weighted by molar-refractivity contribution is -0.384. The van der Waals surface area contributed by atoms with E-state index in [4.69, 9.17) is 0 Å². The van der Waals surface area contributed by atoms with E-state index in [0.717, 1.165) is 5.56 Å².